The van der Waals surface area contributed by atoms with Crippen molar-refractivity contribution in [1.29, 1.82) is 0 Å². The first-order chi connectivity index (χ1) is 19.0. The second-order valence-corrected chi connectivity index (χ2v) is 12.9. The molecule has 3 heterocycles. The van der Waals surface area contributed by atoms with Crippen LogP contribution >= 0.6 is 0 Å². The molecule has 1 unspecified atom stereocenters. The van der Waals surface area contributed by atoms with Gasteiger partial charge in [-0.25, -0.2) is 4.98 Å². The van der Waals surface area contributed by atoms with E-state index in [1.807, 2.05) is 0 Å². The molecule has 0 aromatic carbocycles. The first kappa shape index (κ1) is 28.9. The van der Waals surface area contributed by atoms with Crippen LogP contribution in [0.25, 0.3) is 0 Å². The number of carbonyl (C=O) groups is 3. The Hall–Kier alpha value is -2.57. The molecule has 3 saturated carbocycles. The van der Waals surface area contributed by atoms with Crippen molar-refractivity contribution < 1.29 is 28.4 Å². The first-order valence-corrected chi connectivity index (χ1v) is 14.5. The minimum atomic E-state index is -1.11. The summed E-state index contributed by atoms with van der Waals surface area (Å²) < 4.78 is 18.5. The lowest BCUT2D eigenvalue weighted by molar-refractivity contribution is -0.199. The van der Waals surface area contributed by atoms with Gasteiger partial charge in [-0.05, 0) is 49.4 Å². The lowest BCUT2D eigenvalue weighted by atomic mass is 9.43. The summed E-state index contributed by atoms with van der Waals surface area (Å²) in [4.78, 5) is 49.5. The van der Waals surface area contributed by atoms with E-state index in [9.17, 15) is 14.4 Å². The summed E-state index contributed by atoms with van der Waals surface area (Å²) in [5.41, 5.74) is -0.135. The lowest BCUT2D eigenvalue weighted by Crippen LogP contribution is -2.65. The van der Waals surface area contributed by atoms with E-state index in [4.69, 9.17) is 14.0 Å². The van der Waals surface area contributed by atoms with E-state index >= 15 is 0 Å². The van der Waals surface area contributed by atoms with Crippen LogP contribution < -0.4 is 10.6 Å². The number of morpholine rings is 1. The highest BCUT2D eigenvalue weighted by molar-refractivity contribution is 6.48. The van der Waals surface area contributed by atoms with Crippen molar-refractivity contribution in [2.75, 3.05) is 26.3 Å². The highest BCUT2D eigenvalue weighted by Crippen LogP contribution is 2.65. The van der Waals surface area contributed by atoms with E-state index in [2.05, 4.69) is 55.2 Å². The van der Waals surface area contributed by atoms with Gasteiger partial charge in [0.2, 0.25) is 11.8 Å². The molecule has 2 bridgehead atoms. The smallest absolute Gasteiger partial charge is 0.404 e. The third-order valence-electron chi connectivity index (χ3n) is 9.51. The van der Waals surface area contributed by atoms with Crippen LogP contribution in [0.2, 0.25) is 0 Å². The Bertz CT molecular complexity index is 1100. The fraction of sp³-hybridized carbons (Fsp3) is 0.750. The maximum atomic E-state index is 13.8. The Kier molecular flexibility index (Phi) is 8.23. The molecule has 5 fully saturated rings. The molecule has 6 rings (SSSR count). The van der Waals surface area contributed by atoms with E-state index in [0.29, 0.717) is 44.6 Å². The molecule has 12 heteroatoms. The minimum Gasteiger partial charge on any atom is -0.404 e. The Labute approximate surface area is 236 Å². The highest BCUT2D eigenvalue weighted by atomic mass is 16.7. The van der Waals surface area contributed by atoms with E-state index in [0.717, 1.165) is 12.8 Å². The number of aromatic nitrogens is 2. The third-order valence-corrected chi connectivity index (χ3v) is 9.51. The molecule has 40 heavy (non-hydrogen) atoms. The van der Waals surface area contributed by atoms with Crippen LogP contribution in [0.4, 0.5) is 0 Å². The third kappa shape index (κ3) is 5.62. The van der Waals surface area contributed by atoms with Gasteiger partial charge < -0.3 is 29.6 Å². The van der Waals surface area contributed by atoms with Gasteiger partial charge >= 0.3 is 7.12 Å². The molecule has 2 N–H and O–H groups in total. The van der Waals surface area contributed by atoms with Crippen molar-refractivity contribution in [3.05, 3.63) is 24.3 Å². The monoisotopic (exact) mass is 555 g/mol. The Morgan fingerprint density at radius 1 is 1.12 bits per heavy atom. The van der Waals surface area contributed by atoms with Crippen molar-refractivity contribution in [2.24, 2.45) is 23.2 Å². The van der Waals surface area contributed by atoms with Crippen LogP contribution in [0.3, 0.4) is 0 Å². The molecule has 3 aliphatic carbocycles. The second-order valence-electron chi connectivity index (χ2n) is 12.9. The van der Waals surface area contributed by atoms with E-state index in [1.165, 1.54) is 18.6 Å². The Morgan fingerprint density at radius 2 is 1.88 bits per heavy atom. The fourth-order valence-corrected chi connectivity index (χ4v) is 7.07. The lowest BCUT2D eigenvalue weighted by Gasteiger charge is -2.64. The molecule has 11 nitrogen and oxygen atoms in total. The maximum absolute atomic E-state index is 13.8. The van der Waals surface area contributed by atoms with E-state index in [1.54, 1.807) is 4.90 Å². The molecule has 0 spiro atoms. The molecular weight excluding hydrogens is 513 g/mol. The van der Waals surface area contributed by atoms with Crippen molar-refractivity contribution in [3.63, 3.8) is 0 Å². The number of hydrogen-bond donors (Lipinski definition) is 2. The molecule has 2 saturated heterocycles. The van der Waals surface area contributed by atoms with Crippen molar-refractivity contribution >= 4 is 24.8 Å². The zero-order chi connectivity index (χ0) is 28.7. The quantitative estimate of drug-likeness (QED) is 0.440. The molecule has 218 valence electrons. The van der Waals surface area contributed by atoms with Crippen molar-refractivity contribution in [3.8, 4) is 0 Å². The molecule has 3 amide bonds. The number of ether oxygens (including phenoxy) is 1. The van der Waals surface area contributed by atoms with Crippen LogP contribution in [0, 0.1) is 23.2 Å². The molecule has 6 atom stereocenters. The number of amides is 3. The topological polar surface area (TPSA) is 132 Å². The van der Waals surface area contributed by atoms with Gasteiger partial charge in [0, 0.05) is 25.5 Å². The average molecular weight is 555 g/mol. The fourth-order valence-electron chi connectivity index (χ4n) is 7.07. The van der Waals surface area contributed by atoms with Gasteiger partial charge in [-0.3, -0.25) is 19.4 Å². The summed E-state index contributed by atoms with van der Waals surface area (Å²) in [5, 5.41) is 5.82. The second kappa shape index (κ2) is 11.4. The zero-order valence-corrected chi connectivity index (χ0v) is 24.2. The Morgan fingerprint density at radius 3 is 2.52 bits per heavy atom. The van der Waals surface area contributed by atoms with Gasteiger partial charge in [-0.2, -0.15) is 0 Å². The van der Waals surface area contributed by atoms with Gasteiger partial charge in [-0.1, -0.05) is 27.7 Å². The maximum Gasteiger partial charge on any atom is 0.481 e. The molecular formula is C28H42BN5O6. The number of nitrogens with zero attached hydrogens (tertiary/aromatic N) is 3. The van der Waals surface area contributed by atoms with Crippen LogP contribution in [-0.4, -0.2) is 89.7 Å². The van der Waals surface area contributed by atoms with Crippen molar-refractivity contribution in [2.45, 2.75) is 84.0 Å². The predicted molar refractivity (Wildman–Crippen MR) is 147 cm³/mol. The molecule has 1 aromatic rings. The highest BCUT2D eigenvalue weighted by Gasteiger charge is 2.68. The van der Waals surface area contributed by atoms with Crippen LogP contribution in [0.15, 0.2) is 18.6 Å². The van der Waals surface area contributed by atoms with E-state index in [-0.39, 0.29) is 35.5 Å². The summed E-state index contributed by atoms with van der Waals surface area (Å²) in [7, 11) is -0.609. The van der Waals surface area contributed by atoms with Crippen molar-refractivity contribution in [1.82, 2.24) is 25.5 Å². The summed E-state index contributed by atoms with van der Waals surface area (Å²) in [6.07, 6.45) is 6.70. The van der Waals surface area contributed by atoms with Crippen LogP contribution in [0.5, 0.6) is 0 Å². The average Bonchev–Trinajstić information content (AvgIpc) is 3.30. The molecule has 1 aromatic heterocycles. The summed E-state index contributed by atoms with van der Waals surface area (Å²) in [6, 6.07) is -1.11. The molecule has 5 aliphatic rings. The number of hydrogen-bond acceptors (Lipinski definition) is 8. The Balaban J connectivity index is 1.32. The van der Waals surface area contributed by atoms with Gasteiger partial charge in [0.15, 0.2) is 0 Å². The largest absolute Gasteiger partial charge is 0.481 e. The minimum absolute atomic E-state index is 0.0177. The van der Waals surface area contributed by atoms with Gasteiger partial charge in [-0.15, -0.1) is 0 Å². The summed E-state index contributed by atoms with van der Waals surface area (Å²) in [6.45, 7) is 12.7. The van der Waals surface area contributed by atoms with Crippen LogP contribution in [0.1, 0.15) is 70.8 Å². The normalized spacial score (nSPS) is 30.2. The first-order valence-electron chi connectivity index (χ1n) is 14.5. The van der Waals surface area contributed by atoms with Crippen LogP contribution in [-0.2, 0) is 23.6 Å². The van der Waals surface area contributed by atoms with E-state index < -0.39 is 36.5 Å². The summed E-state index contributed by atoms with van der Waals surface area (Å²) >= 11 is 0. The number of nitrogens with one attached hydrogen (secondary N) is 2. The summed E-state index contributed by atoms with van der Waals surface area (Å²) in [5.74, 6) is -0.432. The number of carbonyl (C=O) groups excluding carboxylic acids is 3. The zero-order valence-electron chi connectivity index (χ0n) is 24.2. The van der Waals surface area contributed by atoms with Gasteiger partial charge in [0.25, 0.3) is 5.91 Å². The van der Waals surface area contributed by atoms with Gasteiger partial charge in [0.1, 0.15) is 11.7 Å². The SMILES string of the molecule is CC(C)C[C@H](NC(=O)[C@@H](CC(=O)N1CCOCC1)NC(=O)c1cnccn1)B1OC2C[C@@H]3C[C@@H](C3(C)C)[C@]2(C)O1. The molecule has 2 aliphatic heterocycles. The molecule has 0 radical (unpaired) electrons. The predicted octanol–water partition coefficient (Wildman–Crippen LogP) is 1.62. The number of rotatable bonds is 9. The standard InChI is InChI=1S/C28H42BN5O6/c1-17(2)12-23(29-39-22-14-18-13-21(27(18,3)4)28(22,5)40-29)33-25(36)19(15-24(35)34-8-10-38-11-9-34)32-26(37)20-16-30-6-7-31-20/h6-7,16-19,21-23H,8-15H2,1-5H3,(H,32,37)(H,33,36)/t18-,19+,21-,22?,23-,28-/m0/s1. The van der Waals surface area contributed by atoms with Gasteiger partial charge in [0.05, 0.1) is 43.5 Å².